The second-order valence-electron chi connectivity index (χ2n) is 8.98. The van der Waals surface area contributed by atoms with Gasteiger partial charge in [0, 0.05) is 24.5 Å². The number of phenols is 1. The Labute approximate surface area is 188 Å². The summed E-state index contributed by atoms with van der Waals surface area (Å²) in [6.07, 6.45) is 0.942. The number of carbonyl (C=O) groups is 1. The van der Waals surface area contributed by atoms with E-state index in [4.69, 9.17) is 9.97 Å². The maximum atomic E-state index is 11.4. The number of aromatic nitrogens is 2. The minimum Gasteiger partial charge on any atom is -0.507 e. The Morgan fingerprint density at radius 1 is 1.19 bits per heavy atom. The van der Waals surface area contributed by atoms with Crippen molar-refractivity contribution in [1.82, 2.24) is 15.3 Å². The van der Waals surface area contributed by atoms with Crippen LogP contribution in [0.5, 0.6) is 5.75 Å². The predicted molar refractivity (Wildman–Crippen MR) is 126 cm³/mol. The zero-order valence-corrected chi connectivity index (χ0v) is 18.7. The maximum Gasteiger partial charge on any atom is 0.404 e. The van der Waals surface area contributed by atoms with Crippen LogP contribution in [0, 0.1) is 18.8 Å². The largest absolute Gasteiger partial charge is 0.507 e. The lowest BCUT2D eigenvalue weighted by Crippen LogP contribution is -2.50. The van der Waals surface area contributed by atoms with Gasteiger partial charge in [-0.2, -0.15) is 0 Å². The van der Waals surface area contributed by atoms with Crippen molar-refractivity contribution < 1.29 is 15.0 Å². The summed E-state index contributed by atoms with van der Waals surface area (Å²) in [6.45, 7) is 7.69. The molecular weight excluding hydrogens is 404 g/mol. The van der Waals surface area contributed by atoms with E-state index in [-0.39, 0.29) is 23.6 Å². The molecule has 4 rings (SSSR count). The Balaban J connectivity index is 1.77. The molecule has 1 unspecified atom stereocenters. The van der Waals surface area contributed by atoms with Crippen LogP contribution < -0.4 is 10.2 Å². The number of nitrogens with zero attached hydrogens (tertiary/aromatic N) is 3. The molecular formula is C25H30N4O3. The van der Waals surface area contributed by atoms with Gasteiger partial charge in [0.2, 0.25) is 0 Å². The molecule has 0 aliphatic carbocycles. The summed E-state index contributed by atoms with van der Waals surface area (Å²) >= 11 is 0. The molecule has 32 heavy (non-hydrogen) atoms. The Morgan fingerprint density at radius 3 is 2.69 bits per heavy atom. The highest BCUT2D eigenvalue weighted by atomic mass is 16.4. The van der Waals surface area contributed by atoms with Crippen molar-refractivity contribution in [1.29, 1.82) is 0 Å². The van der Waals surface area contributed by atoms with Crippen molar-refractivity contribution in [3.63, 3.8) is 0 Å². The van der Waals surface area contributed by atoms with Crippen LogP contribution in [-0.2, 0) is 0 Å². The van der Waals surface area contributed by atoms with Crippen molar-refractivity contribution in [2.24, 2.45) is 11.8 Å². The monoisotopic (exact) mass is 434 g/mol. The molecule has 168 valence electrons. The number of para-hydroxylation sites is 1. The standard InChI is InChI=1S/C25H30N4O3/c1-15(2)22(27-25(31)32)17-7-6-12-29(14-17)24-18-11-10-16(3)13-20(18)26-23(28-24)19-8-4-5-9-21(19)30/h4-5,8-11,13,15,17,22,27,30H,6-7,12,14H2,1-3H3,(H,31,32)/t17-,22?/m0/s1. The van der Waals surface area contributed by atoms with Crippen molar-refractivity contribution in [2.75, 3.05) is 18.0 Å². The molecule has 2 aromatic carbocycles. The van der Waals surface area contributed by atoms with Gasteiger partial charge in [-0.1, -0.05) is 32.0 Å². The number of hydrogen-bond acceptors (Lipinski definition) is 5. The molecule has 7 heteroatoms. The summed E-state index contributed by atoms with van der Waals surface area (Å²) < 4.78 is 0. The van der Waals surface area contributed by atoms with Crippen LogP contribution in [0.15, 0.2) is 42.5 Å². The van der Waals surface area contributed by atoms with Gasteiger partial charge in [-0.15, -0.1) is 0 Å². The topological polar surface area (TPSA) is 98.6 Å². The lowest BCUT2D eigenvalue weighted by molar-refractivity contribution is 0.172. The normalized spacial score (nSPS) is 17.5. The molecule has 0 saturated carbocycles. The molecule has 3 N–H and O–H groups in total. The van der Waals surface area contributed by atoms with Crippen LogP contribution >= 0.6 is 0 Å². The van der Waals surface area contributed by atoms with Crippen LogP contribution in [0.3, 0.4) is 0 Å². The average molecular weight is 435 g/mol. The van der Waals surface area contributed by atoms with Gasteiger partial charge in [0.15, 0.2) is 5.82 Å². The van der Waals surface area contributed by atoms with Crippen LogP contribution in [-0.4, -0.2) is 45.4 Å². The predicted octanol–water partition coefficient (Wildman–Crippen LogP) is 4.82. The van der Waals surface area contributed by atoms with E-state index in [1.165, 1.54) is 0 Å². The summed E-state index contributed by atoms with van der Waals surface area (Å²) in [5, 5.41) is 23.4. The molecule has 1 amide bonds. The van der Waals surface area contributed by atoms with Crippen molar-refractivity contribution in [3.8, 4) is 17.1 Å². The summed E-state index contributed by atoms with van der Waals surface area (Å²) in [5.74, 6) is 1.84. The van der Waals surface area contributed by atoms with E-state index >= 15 is 0 Å². The highest BCUT2D eigenvalue weighted by Gasteiger charge is 2.31. The first-order valence-electron chi connectivity index (χ1n) is 11.1. The number of anilines is 1. The fourth-order valence-electron chi connectivity index (χ4n) is 4.71. The third-order valence-corrected chi connectivity index (χ3v) is 6.25. The zero-order chi connectivity index (χ0) is 22.8. The minimum absolute atomic E-state index is 0.122. The second-order valence-corrected chi connectivity index (χ2v) is 8.98. The van der Waals surface area contributed by atoms with E-state index in [1.807, 2.05) is 31.2 Å². The van der Waals surface area contributed by atoms with E-state index in [9.17, 15) is 15.0 Å². The average Bonchev–Trinajstić information content (AvgIpc) is 2.76. The lowest BCUT2D eigenvalue weighted by Gasteiger charge is -2.39. The molecule has 1 saturated heterocycles. The summed E-state index contributed by atoms with van der Waals surface area (Å²) in [6, 6.07) is 13.1. The van der Waals surface area contributed by atoms with Crippen LogP contribution in [0.4, 0.5) is 10.6 Å². The van der Waals surface area contributed by atoms with Crippen LogP contribution in [0.1, 0.15) is 32.3 Å². The smallest absolute Gasteiger partial charge is 0.404 e. The highest BCUT2D eigenvalue weighted by Crippen LogP contribution is 2.34. The first kappa shape index (κ1) is 21.9. The van der Waals surface area contributed by atoms with Gasteiger partial charge in [0.25, 0.3) is 0 Å². The number of aryl methyl sites for hydroxylation is 1. The number of benzene rings is 2. The van der Waals surface area contributed by atoms with Crippen molar-refractivity contribution in [2.45, 2.75) is 39.7 Å². The quantitative estimate of drug-likeness (QED) is 0.533. The molecule has 1 aromatic heterocycles. The van der Waals surface area contributed by atoms with Crippen molar-refractivity contribution in [3.05, 3.63) is 48.0 Å². The van der Waals surface area contributed by atoms with Crippen molar-refractivity contribution >= 4 is 22.8 Å². The molecule has 1 fully saturated rings. The number of nitrogens with one attached hydrogen (secondary N) is 1. The molecule has 1 aliphatic heterocycles. The third-order valence-electron chi connectivity index (χ3n) is 6.25. The number of aromatic hydroxyl groups is 1. The second kappa shape index (κ2) is 9.02. The Hall–Kier alpha value is -3.35. The number of hydrogen-bond donors (Lipinski definition) is 3. The minimum atomic E-state index is -0.981. The number of phenolic OH excluding ortho intramolecular Hbond substituents is 1. The zero-order valence-electron chi connectivity index (χ0n) is 18.7. The van der Waals surface area contributed by atoms with Gasteiger partial charge in [-0.05, 0) is 61.4 Å². The fourth-order valence-corrected chi connectivity index (χ4v) is 4.71. The molecule has 2 heterocycles. The first-order chi connectivity index (χ1) is 15.3. The SMILES string of the molecule is Cc1ccc2c(N3CCC[C@H](C(NC(=O)O)C(C)C)C3)nc(-c3ccccc3O)nc2c1. The Morgan fingerprint density at radius 2 is 1.97 bits per heavy atom. The van der Waals surface area contributed by atoms with E-state index < -0.39 is 6.09 Å². The van der Waals surface area contributed by atoms with Gasteiger partial charge in [0.1, 0.15) is 11.6 Å². The lowest BCUT2D eigenvalue weighted by atomic mass is 9.84. The van der Waals surface area contributed by atoms with E-state index in [0.29, 0.717) is 17.9 Å². The van der Waals surface area contributed by atoms with E-state index in [0.717, 1.165) is 41.7 Å². The van der Waals surface area contributed by atoms with Gasteiger partial charge in [-0.3, -0.25) is 0 Å². The highest BCUT2D eigenvalue weighted by molar-refractivity contribution is 5.92. The number of fused-ring (bicyclic) bond motifs is 1. The molecule has 0 radical (unpaired) electrons. The van der Waals surface area contributed by atoms with E-state index in [2.05, 4.69) is 30.1 Å². The molecule has 0 bridgehead atoms. The molecule has 1 aliphatic rings. The fraction of sp³-hybridized carbons (Fsp3) is 0.400. The summed E-state index contributed by atoms with van der Waals surface area (Å²) in [5.41, 5.74) is 2.53. The van der Waals surface area contributed by atoms with Crippen LogP contribution in [0.25, 0.3) is 22.3 Å². The van der Waals surface area contributed by atoms with Gasteiger partial charge in [0.05, 0.1) is 11.1 Å². The third kappa shape index (κ3) is 4.47. The van der Waals surface area contributed by atoms with Gasteiger partial charge < -0.3 is 20.4 Å². The number of rotatable bonds is 5. The molecule has 0 spiro atoms. The summed E-state index contributed by atoms with van der Waals surface area (Å²) in [7, 11) is 0. The van der Waals surface area contributed by atoms with E-state index in [1.54, 1.807) is 12.1 Å². The van der Waals surface area contributed by atoms with Gasteiger partial charge >= 0.3 is 6.09 Å². The molecule has 7 nitrogen and oxygen atoms in total. The number of amides is 1. The first-order valence-corrected chi connectivity index (χ1v) is 11.1. The Kier molecular flexibility index (Phi) is 6.17. The van der Waals surface area contributed by atoms with Gasteiger partial charge in [-0.25, -0.2) is 14.8 Å². The molecule has 2 atom stereocenters. The number of piperidine rings is 1. The Bertz CT molecular complexity index is 1130. The summed E-state index contributed by atoms with van der Waals surface area (Å²) in [4.78, 5) is 23.3. The van der Waals surface area contributed by atoms with Crippen LogP contribution in [0.2, 0.25) is 0 Å². The molecule has 3 aromatic rings. The number of carboxylic acid groups (broad SMARTS) is 1. The maximum absolute atomic E-state index is 11.4.